The Hall–Kier alpha value is -4.82. The Morgan fingerprint density at radius 1 is 0.282 bits per heavy atom. The van der Waals surface area contributed by atoms with Gasteiger partial charge < -0.3 is 0 Å². The lowest BCUT2D eigenvalue weighted by Crippen LogP contribution is -2.31. The van der Waals surface area contributed by atoms with Gasteiger partial charge in [0.05, 0.1) is 5.41 Å². The van der Waals surface area contributed by atoms with E-state index in [0.717, 1.165) is 44.5 Å². The smallest absolute Gasteiger partial charge is 0.123 e. The summed E-state index contributed by atoms with van der Waals surface area (Å²) in [6.45, 7) is 0. The molecule has 0 spiro atoms. The van der Waals surface area contributed by atoms with E-state index in [2.05, 4.69) is 97.1 Å². The predicted molar refractivity (Wildman–Crippen MR) is 156 cm³/mol. The van der Waals surface area contributed by atoms with E-state index in [1.807, 2.05) is 12.1 Å². The van der Waals surface area contributed by atoms with Crippen LogP contribution in [0.15, 0.2) is 158 Å². The van der Waals surface area contributed by atoms with E-state index >= 15 is 0 Å². The molecule has 0 amide bonds. The fourth-order valence-electron chi connectivity index (χ4n) is 5.49. The molecule has 188 valence electrons. The Balaban J connectivity index is 1.55. The highest BCUT2D eigenvalue weighted by Gasteiger charge is 2.38. The van der Waals surface area contributed by atoms with Gasteiger partial charge in [-0.25, -0.2) is 8.78 Å². The number of halogens is 2. The van der Waals surface area contributed by atoms with Gasteiger partial charge in [0.2, 0.25) is 0 Å². The fraction of sp³-hybridized carbons (Fsp3) is 0.0270. The molecule has 39 heavy (non-hydrogen) atoms. The third-order valence-electron chi connectivity index (χ3n) is 7.40. The molecule has 6 aromatic carbocycles. The monoisotopic (exact) mass is 508 g/mol. The Bertz CT molecular complexity index is 1520. The first-order valence-electron chi connectivity index (χ1n) is 13.0. The Morgan fingerprint density at radius 2 is 0.538 bits per heavy atom. The van der Waals surface area contributed by atoms with Crippen LogP contribution in [0.4, 0.5) is 8.78 Å². The van der Waals surface area contributed by atoms with Gasteiger partial charge in [-0.1, -0.05) is 133 Å². The third kappa shape index (κ3) is 4.66. The van der Waals surface area contributed by atoms with E-state index in [4.69, 9.17) is 0 Å². The maximum Gasteiger partial charge on any atom is 0.123 e. The Labute approximate surface area is 227 Å². The first kappa shape index (κ1) is 24.5. The highest BCUT2D eigenvalue weighted by atomic mass is 19.1. The molecule has 0 aliphatic rings. The molecule has 2 heteroatoms. The van der Waals surface area contributed by atoms with Gasteiger partial charge in [-0.15, -0.1) is 0 Å². The highest BCUT2D eigenvalue weighted by molar-refractivity contribution is 5.69. The minimum absolute atomic E-state index is 0.244. The van der Waals surface area contributed by atoms with Crippen molar-refractivity contribution in [1.29, 1.82) is 0 Å². The van der Waals surface area contributed by atoms with E-state index in [9.17, 15) is 8.78 Å². The summed E-state index contributed by atoms with van der Waals surface area (Å²) in [6, 6.07) is 51.4. The van der Waals surface area contributed by atoms with Crippen molar-refractivity contribution >= 4 is 0 Å². The van der Waals surface area contributed by atoms with Crippen LogP contribution in [0, 0.1) is 11.6 Å². The van der Waals surface area contributed by atoms with Crippen LogP contribution in [-0.4, -0.2) is 0 Å². The standard InChI is InChI=1S/C37H26F2/c38-35-23-15-29(16-24-35)27-11-19-33(20-12-27)37(31-7-3-1-4-8-31,32-9-5-2-6-10-32)34-21-13-28(14-22-34)30-17-25-36(39)26-18-30/h1-26H. The molecule has 6 aromatic rings. The minimum Gasteiger partial charge on any atom is -0.207 e. The first-order chi connectivity index (χ1) is 19.1. The summed E-state index contributed by atoms with van der Waals surface area (Å²) in [5, 5.41) is 0. The fourth-order valence-corrected chi connectivity index (χ4v) is 5.49. The second kappa shape index (κ2) is 10.5. The lowest BCUT2D eigenvalue weighted by molar-refractivity contribution is 0.627. The van der Waals surface area contributed by atoms with Gasteiger partial charge >= 0.3 is 0 Å². The van der Waals surface area contributed by atoms with Crippen molar-refractivity contribution in [3.05, 3.63) is 192 Å². The van der Waals surface area contributed by atoms with Crippen LogP contribution >= 0.6 is 0 Å². The van der Waals surface area contributed by atoms with Crippen molar-refractivity contribution in [2.24, 2.45) is 0 Å². The van der Waals surface area contributed by atoms with Crippen LogP contribution in [0.3, 0.4) is 0 Å². The van der Waals surface area contributed by atoms with Crippen LogP contribution in [0.5, 0.6) is 0 Å². The van der Waals surface area contributed by atoms with Crippen LogP contribution in [0.1, 0.15) is 22.3 Å². The Morgan fingerprint density at radius 3 is 0.846 bits per heavy atom. The van der Waals surface area contributed by atoms with E-state index < -0.39 is 5.41 Å². The summed E-state index contributed by atoms with van der Waals surface area (Å²) in [5.74, 6) is -0.488. The molecule has 0 N–H and O–H groups in total. The van der Waals surface area contributed by atoms with Crippen molar-refractivity contribution in [2.45, 2.75) is 5.41 Å². The Kier molecular flexibility index (Phi) is 6.61. The SMILES string of the molecule is Fc1ccc(-c2ccc(C(c3ccccc3)(c3ccccc3)c3ccc(-c4ccc(F)cc4)cc3)cc2)cc1. The van der Waals surface area contributed by atoms with Crippen molar-refractivity contribution < 1.29 is 8.78 Å². The van der Waals surface area contributed by atoms with Gasteiger partial charge in [0.25, 0.3) is 0 Å². The van der Waals surface area contributed by atoms with Crippen molar-refractivity contribution in [3.8, 4) is 22.3 Å². The molecule has 0 bridgehead atoms. The number of hydrogen-bond acceptors (Lipinski definition) is 0. The average Bonchev–Trinajstić information content (AvgIpc) is 3.00. The number of hydrogen-bond donors (Lipinski definition) is 0. The molecule has 0 saturated carbocycles. The summed E-state index contributed by atoms with van der Waals surface area (Å²) < 4.78 is 27.0. The third-order valence-corrected chi connectivity index (χ3v) is 7.40. The summed E-state index contributed by atoms with van der Waals surface area (Å²) in [7, 11) is 0. The van der Waals surface area contributed by atoms with Gasteiger partial charge in [-0.2, -0.15) is 0 Å². The van der Waals surface area contributed by atoms with Crippen LogP contribution in [-0.2, 0) is 5.41 Å². The quantitative estimate of drug-likeness (QED) is 0.196. The van der Waals surface area contributed by atoms with Crippen LogP contribution < -0.4 is 0 Å². The van der Waals surface area contributed by atoms with Crippen LogP contribution in [0.25, 0.3) is 22.3 Å². The molecule has 0 heterocycles. The molecule has 0 fully saturated rings. The molecule has 0 unspecified atom stereocenters. The summed E-state index contributed by atoms with van der Waals surface area (Å²) in [6.07, 6.45) is 0. The molecule has 6 rings (SSSR count). The molecule has 0 radical (unpaired) electrons. The van der Waals surface area contributed by atoms with Crippen molar-refractivity contribution in [3.63, 3.8) is 0 Å². The minimum atomic E-state index is -0.578. The van der Waals surface area contributed by atoms with Crippen molar-refractivity contribution in [2.75, 3.05) is 0 Å². The summed E-state index contributed by atoms with van der Waals surface area (Å²) in [5.41, 5.74) is 7.97. The second-order valence-corrected chi connectivity index (χ2v) is 9.65. The lowest BCUT2D eigenvalue weighted by Gasteiger charge is -2.37. The molecule has 0 aliphatic heterocycles. The van der Waals surface area contributed by atoms with Gasteiger partial charge in [0.15, 0.2) is 0 Å². The van der Waals surface area contributed by atoms with Crippen LogP contribution in [0.2, 0.25) is 0 Å². The largest absolute Gasteiger partial charge is 0.207 e. The van der Waals surface area contributed by atoms with E-state index in [-0.39, 0.29) is 11.6 Å². The predicted octanol–water partition coefficient (Wildman–Crippen LogP) is 9.68. The number of rotatable bonds is 6. The molecular weight excluding hydrogens is 482 g/mol. The average molecular weight is 509 g/mol. The second-order valence-electron chi connectivity index (χ2n) is 9.65. The zero-order valence-electron chi connectivity index (χ0n) is 21.3. The molecular formula is C37H26F2. The maximum absolute atomic E-state index is 13.5. The molecule has 0 nitrogen and oxygen atoms in total. The topological polar surface area (TPSA) is 0 Å². The van der Waals surface area contributed by atoms with E-state index in [0.29, 0.717) is 0 Å². The number of benzene rings is 6. The zero-order chi connectivity index (χ0) is 26.7. The zero-order valence-corrected chi connectivity index (χ0v) is 21.3. The molecule has 0 aliphatic carbocycles. The van der Waals surface area contributed by atoms with Gasteiger partial charge in [-0.05, 0) is 68.8 Å². The van der Waals surface area contributed by atoms with Gasteiger partial charge in [0.1, 0.15) is 11.6 Å². The maximum atomic E-state index is 13.5. The summed E-state index contributed by atoms with van der Waals surface area (Å²) in [4.78, 5) is 0. The van der Waals surface area contributed by atoms with E-state index in [1.54, 1.807) is 24.3 Å². The molecule has 0 aromatic heterocycles. The molecule has 0 atom stereocenters. The lowest BCUT2D eigenvalue weighted by atomic mass is 9.65. The van der Waals surface area contributed by atoms with Gasteiger partial charge in [0, 0.05) is 0 Å². The summed E-state index contributed by atoms with van der Waals surface area (Å²) >= 11 is 0. The van der Waals surface area contributed by atoms with Gasteiger partial charge in [-0.3, -0.25) is 0 Å². The van der Waals surface area contributed by atoms with Crippen molar-refractivity contribution in [1.82, 2.24) is 0 Å². The van der Waals surface area contributed by atoms with E-state index in [1.165, 1.54) is 24.3 Å². The first-order valence-corrected chi connectivity index (χ1v) is 13.0. The normalized spacial score (nSPS) is 11.3. The molecule has 0 saturated heterocycles. The highest BCUT2D eigenvalue weighted by Crippen LogP contribution is 2.45.